The number of hydrogen-bond acceptors (Lipinski definition) is 4. The average molecular weight is 291 g/mol. The normalized spacial score (nSPS) is 10.1. The number of anilines is 1. The van der Waals surface area contributed by atoms with Gasteiger partial charge in [0, 0.05) is 5.69 Å². The van der Waals surface area contributed by atoms with Crippen LogP contribution in [0.3, 0.4) is 0 Å². The molecule has 0 aliphatic heterocycles. The highest BCUT2D eigenvalue weighted by molar-refractivity contribution is 7.12. The van der Waals surface area contributed by atoms with Gasteiger partial charge in [-0.2, -0.15) is 0 Å². The molecule has 5 nitrogen and oxygen atoms in total. The number of carbonyl (C=O) groups is 2. The average Bonchev–Trinajstić information content (AvgIpc) is 2.93. The molecule has 0 aliphatic carbocycles. The Balaban J connectivity index is 2.06. The van der Waals surface area contributed by atoms with E-state index >= 15 is 0 Å². The first kappa shape index (κ1) is 14.1. The van der Waals surface area contributed by atoms with Crippen LogP contribution in [0.15, 0.2) is 35.7 Å². The van der Waals surface area contributed by atoms with E-state index in [2.05, 4.69) is 5.32 Å². The third kappa shape index (κ3) is 3.58. The number of aliphatic carboxylic acids is 1. The number of carboxylic acids is 1. The Kier molecular flexibility index (Phi) is 4.37. The molecule has 0 unspecified atom stereocenters. The van der Waals surface area contributed by atoms with Gasteiger partial charge in [-0.15, -0.1) is 11.3 Å². The van der Waals surface area contributed by atoms with Crippen molar-refractivity contribution in [1.29, 1.82) is 0 Å². The second kappa shape index (κ2) is 6.21. The molecule has 2 N–H and O–H groups in total. The van der Waals surface area contributed by atoms with Crippen molar-refractivity contribution in [1.82, 2.24) is 0 Å². The predicted molar refractivity (Wildman–Crippen MR) is 76.6 cm³/mol. The highest BCUT2D eigenvalue weighted by Gasteiger charge is 2.09. The Morgan fingerprint density at radius 3 is 2.75 bits per heavy atom. The number of aryl methyl sites for hydroxylation is 1. The van der Waals surface area contributed by atoms with Gasteiger partial charge in [-0.25, -0.2) is 4.79 Å². The molecule has 0 saturated carbocycles. The van der Waals surface area contributed by atoms with Crippen LogP contribution in [-0.4, -0.2) is 23.6 Å². The molecule has 2 aromatic rings. The lowest BCUT2D eigenvalue weighted by atomic mass is 10.2. The monoisotopic (exact) mass is 291 g/mol. The van der Waals surface area contributed by atoms with Crippen LogP contribution in [0.25, 0.3) is 0 Å². The first-order valence-corrected chi connectivity index (χ1v) is 6.74. The Morgan fingerprint density at radius 2 is 2.15 bits per heavy atom. The van der Waals surface area contributed by atoms with Crippen molar-refractivity contribution in [3.63, 3.8) is 0 Å². The second-order valence-electron chi connectivity index (χ2n) is 4.09. The van der Waals surface area contributed by atoms with Gasteiger partial charge in [0.2, 0.25) is 0 Å². The van der Waals surface area contributed by atoms with Crippen LogP contribution < -0.4 is 10.1 Å². The van der Waals surface area contributed by atoms with E-state index < -0.39 is 5.97 Å². The van der Waals surface area contributed by atoms with Crippen LogP contribution >= 0.6 is 11.3 Å². The van der Waals surface area contributed by atoms with E-state index in [9.17, 15) is 9.59 Å². The Morgan fingerprint density at radius 1 is 1.35 bits per heavy atom. The van der Waals surface area contributed by atoms with Gasteiger partial charge in [0.15, 0.2) is 6.61 Å². The maximum absolute atomic E-state index is 11.9. The number of nitrogens with one attached hydrogen (secondary N) is 1. The summed E-state index contributed by atoms with van der Waals surface area (Å²) >= 11 is 1.37. The molecule has 0 atom stereocenters. The fourth-order valence-electron chi connectivity index (χ4n) is 1.60. The number of ether oxygens (including phenoxy) is 1. The third-order valence-corrected chi connectivity index (χ3v) is 3.42. The van der Waals surface area contributed by atoms with E-state index in [0.717, 1.165) is 5.56 Å². The Labute approximate surface area is 119 Å². The van der Waals surface area contributed by atoms with Crippen LogP contribution in [0.5, 0.6) is 5.75 Å². The van der Waals surface area contributed by atoms with E-state index in [0.29, 0.717) is 16.3 Å². The summed E-state index contributed by atoms with van der Waals surface area (Å²) in [6.45, 7) is 1.43. The fourth-order valence-corrected chi connectivity index (χ4v) is 2.22. The van der Waals surface area contributed by atoms with Crippen LogP contribution in [0.2, 0.25) is 0 Å². The van der Waals surface area contributed by atoms with Crippen molar-refractivity contribution in [2.45, 2.75) is 6.92 Å². The minimum atomic E-state index is -1.03. The summed E-state index contributed by atoms with van der Waals surface area (Å²) in [5.74, 6) is -0.737. The largest absolute Gasteiger partial charge is 0.482 e. The molecule has 104 valence electrons. The van der Waals surface area contributed by atoms with E-state index in [-0.39, 0.29) is 12.5 Å². The zero-order valence-electron chi connectivity index (χ0n) is 10.8. The predicted octanol–water partition coefficient (Wildman–Crippen LogP) is 2.77. The van der Waals surface area contributed by atoms with Gasteiger partial charge in [-0.05, 0) is 42.1 Å². The number of benzene rings is 1. The lowest BCUT2D eigenvalue weighted by molar-refractivity contribution is -0.139. The van der Waals surface area contributed by atoms with Gasteiger partial charge in [-0.3, -0.25) is 4.79 Å². The van der Waals surface area contributed by atoms with Gasteiger partial charge in [0.05, 0.1) is 4.88 Å². The van der Waals surface area contributed by atoms with Crippen molar-refractivity contribution in [2.24, 2.45) is 0 Å². The molecule has 0 spiro atoms. The minimum absolute atomic E-state index is 0.165. The maximum atomic E-state index is 11.9. The fraction of sp³-hybridized carbons (Fsp3) is 0.143. The third-order valence-electron chi connectivity index (χ3n) is 2.55. The quantitative estimate of drug-likeness (QED) is 0.888. The van der Waals surface area contributed by atoms with Crippen LogP contribution in [-0.2, 0) is 4.79 Å². The van der Waals surface area contributed by atoms with Crippen LogP contribution in [0.1, 0.15) is 15.2 Å². The molecule has 0 aliphatic rings. The topological polar surface area (TPSA) is 75.6 Å². The molecule has 0 fully saturated rings. The SMILES string of the molecule is Cc1cc(OCC(=O)O)ccc1NC(=O)c1cccs1. The van der Waals surface area contributed by atoms with E-state index in [1.54, 1.807) is 24.3 Å². The van der Waals surface area contributed by atoms with Crippen LogP contribution in [0, 0.1) is 6.92 Å². The molecule has 2 rings (SSSR count). The molecule has 0 saturated heterocycles. The molecular formula is C14H13NO4S. The molecule has 1 aromatic carbocycles. The highest BCUT2D eigenvalue weighted by Crippen LogP contribution is 2.22. The molecule has 0 radical (unpaired) electrons. The molecule has 20 heavy (non-hydrogen) atoms. The summed E-state index contributed by atoms with van der Waals surface area (Å²) < 4.78 is 5.07. The molecule has 0 bridgehead atoms. The highest BCUT2D eigenvalue weighted by atomic mass is 32.1. The summed E-state index contributed by atoms with van der Waals surface area (Å²) in [7, 11) is 0. The minimum Gasteiger partial charge on any atom is -0.482 e. The van der Waals surface area contributed by atoms with Crippen molar-refractivity contribution in [3.05, 3.63) is 46.2 Å². The summed E-state index contributed by atoms with van der Waals surface area (Å²) in [6, 6.07) is 8.57. The number of hydrogen-bond donors (Lipinski definition) is 2. The molecular weight excluding hydrogens is 278 g/mol. The van der Waals surface area contributed by atoms with Gasteiger partial charge < -0.3 is 15.2 Å². The first-order valence-electron chi connectivity index (χ1n) is 5.86. The number of carboxylic acid groups (broad SMARTS) is 1. The van der Waals surface area contributed by atoms with Crippen LogP contribution in [0.4, 0.5) is 5.69 Å². The van der Waals surface area contributed by atoms with Crippen molar-refractivity contribution in [3.8, 4) is 5.75 Å². The second-order valence-corrected chi connectivity index (χ2v) is 5.04. The van der Waals surface area contributed by atoms with Gasteiger partial charge >= 0.3 is 5.97 Å². The van der Waals surface area contributed by atoms with Gasteiger partial charge in [-0.1, -0.05) is 6.07 Å². The standard InChI is InChI=1S/C14H13NO4S/c1-9-7-10(19-8-13(16)17)4-5-11(9)15-14(18)12-3-2-6-20-12/h2-7H,8H2,1H3,(H,15,18)(H,16,17). The van der Waals surface area contributed by atoms with Crippen molar-refractivity contribution in [2.75, 3.05) is 11.9 Å². The zero-order valence-corrected chi connectivity index (χ0v) is 11.6. The van der Waals surface area contributed by atoms with Crippen molar-refractivity contribution < 1.29 is 19.4 Å². The summed E-state index contributed by atoms with van der Waals surface area (Å²) in [6.07, 6.45) is 0. The lowest BCUT2D eigenvalue weighted by Gasteiger charge is -2.10. The number of amides is 1. The molecule has 6 heteroatoms. The van der Waals surface area contributed by atoms with Crippen molar-refractivity contribution >= 4 is 28.9 Å². The number of carbonyl (C=O) groups excluding carboxylic acids is 1. The number of rotatable bonds is 5. The number of thiophene rings is 1. The zero-order chi connectivity index (χ0) is 14.5. The smallest absolute Gasteiger partial charge is 0.341 e. The summed E-state index contributed by atoms with van der Waals surface area (Å²) in [4.78, 5) is 23.0. The summed E-state index contributed by atoms with van der Waals surface area (Å²) in [5.41, 5.74) is 1.48. The van der Waals surface area contributed by atoms with E-state index in [1.807, 2.05) is 18.4 Å². The van der Waals surface area contributed by atoms with E-state index in [1.165, 1.54) is 11.3 Å². The van der Waals surface area contributed by atoms with E-state index in [4.69, 9.17) is 9.84 Å². The summed E-state index contributed by atoms with van der Waals surface area (Å²) in [5, 5.41) is 13.2. The molecule has 1 aromatic heterocycles. The molecule has 1 amide bonds. The lowest BCUT2D eigenvalue weighted by Crippen LogP contribution is -2.12. The molecule has 1 heterocycles. The Hall–Kier alpha value is -2.34. The Bertz CT molecular complexity index is 622. The van der Waals surface area contributed by atoms with Gasteiger partial charge in [0.1, 0.15) is 5.75 Å². The maximum Gasteiger partial charge on any atom is 0.341 e. The first-order chi connectivity index (χ1) is 9.56. The van der Waals surface area contributed by atoms with Gasteiger partial charge in [0.25, 0.3) is 5.91 Å².